The molecule has 0 bridgehead atoms. The van der Waals surface area contributed by atoms with Crippen molar-refractivity contribution in [2.45, 2.75) is 26.7 Å². The molecule has 0 amide bonds. The molecule has 0 spiro atoms. The number of hydrogen-bond acceptors (Lipinski definition) is 1. The zero-order chi connectivity index (χ0) is 8.48. The maximum absolute atomic E-state index is 11.0. The van der Waals surface area contributed by atoms with Gasteiger partial charge < -0.3 is 4.79 Å². The monoisotopic (exact) mass is 149 g/mol. The van der Waals surface area contributed by atoms with E-state index in [1.54, 1.807) is 6.08 Å². The summed E-state index contributed by atoms with van der Waals surface area (Å²) >= 11 is 0. The molecule has 1 rings (SSSR count). The van der Waals surface area contributed by atoms with Crippen LogP contribution in [-0.2, 0) is 4.79 Å². The molecule has 0 aromatic carbocycles. The van der Waals surface area contributed by atoms with Crippen LogP contribution in [0.2, 0.25) is 0 Å². The standard InChI is InChI=1S/C9H11NO/c1-9(2)5-4-8(11)7(6-9)10-3/h6H,4-5H2,1-2H3. The van der Waals surface area contributed by atoms with Crippen LogP contribution in [0.25, 0.3) is 4.85 Å². The van der Waals surface area contributed by atoms with Crippen molar-refractivity contribution in [1.29, 1.82) is 0 Å². The number of hydrogen-bond donors (Lipinski definition) is 0. The molecule has 0 N–H and O–H groups in total. The van der Waals surface area contributed by atoms with Crippen LogP contribution in [0.1, 0.15) is 26.7 Å². The van der Waals surface area contributed by atoms with Gasteiger partial charge in [0, 0.05) is 6.42 Å². The Morgan fingerprint density at radius 1 is 1.64 bits per heavy atom. The van der Waals surface area contributed by atoms with Crippen LogP contribution in [0.3, 0.4) is 0 Å². The fourth-order valence-corrected chi connectivity index (χ4v) is 1.18. The van der Waals surface area contributed by atoms with Crippen LogP contribution in [0.5, 0.6) is 0 Å². The summed E-state index contributed by atoms with van der Waals surface area (Å²) in [6, 6.07) is 0. The molecule has 2 heteroatoms. The van der Waals surface area contributed by atoms with Gasteiger partial charge in [-0.2, -0.15) is 0 Å². The van der Waals surface area contributed by atoms with Crippen LogP contribution in [0.4, 0.5) is 0 Å². The Labute approximate surface area is 66.7 Å². The third kappa shape index (κ3) is 1.68. The topological polar surface area (TPSA) is 21.4 Å². The Hall–Kier alpha value is -1.10. The predicted molar refractivity (Wildman–Crippen MR) is 42.7 cm³/mol. The van der Waals surface area contributed by atoms with Crippen molar-refractivity contribution in [3.8, 4) is 0 Å². The Balaban J connectivity index is 2.98. The molecule has 0 unspecified atom stereocenters. The van der Waals surface area contributed by atoms with E-state index in [9.17, 15) is 4.79 Å². The molecule has 0 saturated carbocycles. The van der Waals surface area contributed by atoms with Gasteiger partial charge in [0.15, 0.2) is 5.78 Å². The minimum Gasteiger partial charge on any atom is -0.308 e. The maximum atomic E-state index is 11.0. The summed E-state index contributed by atoms with van der Waals surface area (Å²) in [5.41, 5.74) is 0.356. The first-order chi connectivity index (χ1) is 5.05. The third-order valence-corrected chi connectivity index (χ3v) is 1.93. The zero-order valence-electron chi connectivity index (χ0n) is 6.85. The van der Waals surface area contributed by atoms with E-state index in [2.05, 4.69) is 4.85 Å². The van der Waals surface area contributed by atoms with E-state index < -0.39 is 0 Å². The quantitative estimate of drug-likeness (QED) is 0.484. The number of allylic oxidation sites excluding steroid dienone is 2. The smallest absolute Gasteiger partial charge is 0.225 e. The molecule has 0 aliphatic heterocycles. The van der Waals surface area contributed by atoms with Crippen molar-refractivity contribution in [1.82, 2.24) is 0 Å². The number of carbonyl (C=O) groups excluding carboxylic acids is 1. The number of carbonyl (C=O) groups is 1. The number of nitrogens with zero attached hydrogens (tertiary/aromatic N) is 1. The van der Waals surface area contributed by atoms with Gasteiger partial charge >= 0.3 is 0 Å². The van der Waals surface area contributed by atoms with Crippen molar-refractivity contribution in [2.75, 3.05) is 0 Å². The van der Waals surface area contributed by atoms with Crippen molar-refractivity contribution in [3.05, 3.63) is 23.2 Å². The second-order valence-corrected chi connectivity index (χ2v) is 3.55. The molecule has 0 fully saturated rings. The van der Waals surface area contributed by atoms with E-state index in [1.807, 2.05) is 13.8 Å². The SMILES string of the molecule is [C-]#[N+]C1=CC(C)(C)CCC1=O. The molecule has 1 aliphatic rings. The van der Waals surface area contributed by atoms with E-state index in [0.29, 0.717) is 12.1 Å². The predicted octanol–water partition coefficient (Wildman–Crippen LogP) is 2.18. The summed E-state index contributed by atoms with van der Waals surface area (Å²) < 4.78 is 0. The third-order valence-electron chi connectivity index (χ3n) is 1.93. The van der Waals surface area contributed by atoms with Crippen molar-refractivity contribution in [3.63, 3.8) is 0 Å². The van der Waals surface area contributed by atoms with Gasteiger partial charge in [-0.25, -0.2) is 4.85 Å². The fourth-order valence-electron chi connectivity index (χ4n) is 1.18. The summed E-state index contributed by atoms with van der Waals surface area (Å²) in [5.74, 6) is -0.000625. The normalized spacial score (nSPS) is 22.3. The second kappa shape index (κ2) is 2.50. The number of rotatable bonds is 0. The zero-order valence-corrected chi connectivity index (χ0v) is 6.85. The lowest BCUT2D eigenvalue weighted by molar-refractivity contribution is -0.116. The average Bonchev–Trinajstić information content (AvgIpc) is 1.94. The molecular weight excluding hydrogens is 138 g/mol. The highest BCUT2D eigenvalue weighted by Crippen LogP contribution is 2.31. The summed E-state index contributed by atoms with van der Waals surface area (Å²) in [7, 11) is 0. The van der Waals surface area contributed by atoms with Gasteiger partial charge in [-0.3, -0.25) is 0 Å². The minimum absolute atomic E-state index is 0.000625. The van der Waals surface area contributed by atoms with E-state index >= 15 is 0 Å². The van der Waals surface area contributed by atoms with Crippen molar-refractivity contribution >= 4 is 5.78 Å². The van der Waals surface area contributed by atoms with Crippen LogP contribution < -0.4 is 0 Å². The molecule has 1 aliphatic carbocycles. The van der Waals surface area contributed by atoms with E-state index in [4.69, 9.17) is 6.57 Å². The summed E-state index contributed by atoms with van der Waals surface area (Å²) in [6.45, 7) is 10.8. The Morgan fingerprint density at radius 2 is 2.27 bits per heavy atom. The first-order valence-electron chi connectivity index (χ1n) is 3.69. The first kappa shape index (κ1) is 8.00. The summed E-state index contributed by atoms with van der Waals surface area (Å²) in [5, 5.41) is 0. The molecule has 0 heterocycles. The lowest BCUT2D eigenvalue weighted by Crippen LogP contribution is -2.18. The lowest BCUT2D eigenvalue weighted by atomic mass is 9.81. The summed E-state index contributed by atoms with van der Waals surface area (Å²) in [6.07, 6.45) is 3.18. The molecule has 11 heavy (non-hydrogen) atoms. The molecule has 0 saturated heterocycles. The van der Waals surface area contributed by atoms with Gasteiger partial charge in [0.2, 0.25) is 5.70 Å². The summed E-state index contributed by atoms with van der Waals surface area (Å²) in [4.78, 5) is 14.2. The highest BCUT2D eigenvalue weighted by atomic mass is 16.1. The molecule has 0 aromatic heterocycles. The van der Waals surface area contributed by atoms with E-state index in [0.717, 1.165) is 6.42 Å². The van der Waals surface area contributed by atoms with E-state index in [-0.39, 0.29) is 11.2 Å². The Morgan fingerprint density at radius 3 is 2.73 bits per heavy atom. The average molecular weight is 149 g/mol. The Bertz CT molecular complexity index is 255. The highest BCUT2D eigenvalue weighted by molar-refractivity contribution is 5.97. The maximum Gasteiger partial charge on any atom is 0.225 e. The number of Topliss-reactive ketones (excluding diaryl/α,β-unsaturated/α-hetero) is 1. The van der Waals surface area contributed by atoms with Crippen LogP contribution in [0, 0.1) is 12.0 Å². The lowest BCUT2D eigenvalue weighted by Gasteiger charge is -2.24. The fraction of sp³-hybridized carbons (Fsp3) is 0.556. The molecule has 58 valence electrons. The van der Waals surface area contributed by atoms with Gasteiger partial charge in [0.1, 0.15) is 0 Å². The largest absolute Gasteiger partial charge is 0.308 e. The van der Waals surface area contributed by atoms with Crippen molar-refractivity contribution in [2.24, 2.45) is 5.41 Å². The molecule has 2 nitrogen and oxygen atoms in total. The Kier molecular flexibility index (Phi) is 1.82. The molecule has 0 atom stereocenters. The van der Waals surface area contributed by atoms with Gasteiger partial charge in [-0.1, -0.05) is 19.9 Å². The minimum atomic E-state index is -0.000625. The van der Waals surface area contributed by atoms with Crippen LogP contribution >= 0.6 is 0 Å². The van der Waals surface area contributed by atoms with E-state index in [1.165, 1.54) is 0 Å². The highest BCUT2D eigenvalue weighted by Gasteiger charge is 2.25. The number of ketones is 1. The molecule has 0 radical (unpaired) electrons. The van der Waals surface area contributed by atoms with Gasteiger partial charge in [0.05, 0.1) is 6.57 Å². The molecular formula is C9H11NO. The first-order valence-corrected chi connectivity index (χ1v) is 3.69. The van der Waals surface area contributed by atoms with Gasteiger partial charge in [-0.05, 0) is 11.8 Å². The second-order valence-electron chi connectivity index (χ2n) is 3.55. The van der Waals surface area contributed by atoms with Crippen LogP contribution in [-0.4, -0.2) is 5.78 Å². The van der Waals surface area contributed by atoms with Crippen molar-refractivity contribution < 1.29 is 4.79 Å². The van der Waals surface area contributed by atoms with Gasteiger partial charge in [-0.15, -0.1) is 0 Å². The van der Waals surface area contributed by atoms with Crippen LogP contribution in [0.15, 0.2) is 11.8 Å². The van der Waals surface area contributed by atoms with Gasteiger partial charge in [0.25, 0.3) is 0 Å². The molecule has 0 aromatic rings.